The normalized spacial score (nSPS) is 11.6. The Labute approximate surface area is 131 Å². The van der Waals surface area contributed by atoms with E-state index < -0.39 is 7.60 Å². The molecule has 23 heavy (non-hydrogen) atoms. The lowest BCUT2D eigenvalue weighted by Gasteiger charge is -2.06. The van der Waals surface area contributed by atoms with Gasteiger partial charge in [-0.1, -0.05) is 29.5 Å². The molecule has 6 nitrogen and oxygen atoms in total. The Hall–Kier alpha value is -2.34. The van der Waals surface area contributed by atoms with Gasteiger partial charge in [0.05, 0.1) is 18.0 Å². The van der Waals surface area contributed by atoms with Crippen molar-refractivity contribution in [3.8, 4) is 16.9 Å². The van der Waals surface area contributed by atoms with Gasteiger partial charge < -0.3 is 9.79 Å². The van der Waals surface area contributed by atoms with Gasteiger partial charge in [-0.25, -0.2) is 9.07 Å². The highest BCUT2D eigenvalue weighted by molar-refractivity contribution is 7.50. The van der Waals surface area contributed by atoms with Crippen molar-refractivity contribution in [2.75, 3.05) is 0 Å². The van der Waals surface area contributed by atoms with Crippen LogP contribution in [-0.2, 0) is 10.7 Å². The van der Waals surface area contributed by atoms with Gasteiger partial charge in [0, 0.05) is 5.56 Å². The number of halogens is 1. The van der Waals surface area contributed by atoms with E-state index in [4.69, 9.17) is 9.79 Å². The van der Waals surface area contributed by atoms with E-state index in [1.807, 2.05) is 0 Å². The SMILES string of the molecule is O=P(O)(O)Cc1cccc(-n2cc(-c3cccc(F)c3)nn2)c1. The molecular weight excluding hydrogens is 320 g/mol. The van der Waals surface area contributed by atoms with Gasteiger partial charge in [-0.3, -0.25) is 4.57 Å². The molecule has 118 valence electrons. The zero-order valence-electron chi connectivity index (χ0n) is 11.9. The molecule has 0 amide bonds. The summed E-state index contributed by atoms with van der Waals surface area (Å²) in [6.07, 6.45) is 1.29. The van der Waals surface area contributed by atoms with E-state index >= 15 is 0 Å². The molecule has 0 saturated heterocycles. The number of hydrogen-bond acceptors (Lipinski definition) is 3. The lowest BCUT2D eigenvalue weighted by Crippen LogP contribution is -1.96. The molecule has 3 aromatic rings. The summed E-state index contributed by atoms with van der Waals surface area (Å²) in [5, 5.41) is 7.98. The first-order chi connectivity index (χ1) is 10.9. The first kappa shape index (κ1) is 15.6. The van der Waals surface area contributed by atoms with E-state index in [1.165, 1.54) is 16.8 Å². The predicted octanol–water partition coefficient (Wildman–Crippen LogP) is 2.75. The number of aromatic nitrogens is 3. The molecule has 0 unspecified atom stereocenters. The Bertz CT molecular complexity index is 891. The van der Waals surface area contributed by atoms with Crippen molar-refractivity contribution < 1.29 is 18.7 Å². The average molecular weight is 333 g/mol. The van der Waals surface area contributed by atoms with E-state index in [2.05, 4.69) is 10.3 Å². The van der Waals surface area contributed by atoms with E-state index in [0.29, 0.717) is 22.5 Å². The maximum Gasteiger partial charge on any atom is 0.329 e. The fraction of sp³-hybridized carbons (Fsp3) is 0.0667. The van der Waals surface area contributed by atoms with Crippen molar-refractivity contribution in [2.24, 2.45) is 0 Å². The van der Waals surface area contributed by atoms with Crippen molar-refractivity contribution in [3.05, 3.63) is 66.1 Å². The molecule has 1 aromatic heterocycles. The largest absolute Gasteiger partial charge is 0.329 e. The first-order valence-corrected chi connectivity index (χ1v) is 8.53. The number of rotatable bonds is 4. The van der Waals surface area contributed by atoms with Crippen molar-refractivity contribution in [3.63, 3.8) is 0 Å². The topological polar surface area (TPSA) is 88.2 Å². The van der Waals surface area contributed by atoms with Crippen LogP contribution in [0.15, 0.2) is 54.7 Å². The Morgan fingerprint density at radius 3 is 2.65 bits per heavy atom. The molecule has 0 aliphatic heterocycles. The van der Waals surface area contributed by atoms with Crippen LogP contribution in [0.5, 0.6) is 0 Å². The predicted molar refractivity (Wildman–Crippen MR) is 82.5 cm³/mol. The summed E-state index contributed by atoms with van der Waals surface area (Å²) in [5.74, 6) is -0.360. The molecule has 0 spiro atoms. The van der Waals surface area contributed by atoms with Crippen LogP contribution in [0.4, 0.5) is 4.39 Å². The van der Waals surface area contributed by atoms with Crippen LogP contribution in [0.3, 0.4) is 0 Å². The lowest BCUT2D eigenvalue weighted by molar-refractivity contribution is 0.371. The highest BCUT2D eigenvalue weighted by Crippen LogP contribution is 2.39. The van der Waals surface area contributed by atoms with Gasteiger partial charge in [-0.2, -0.15) is 0 Å². The third-order valence-corrected chi connectivity index (χ3v) is 3.95. The zero-order valence-corrected chi connectivity index (χ0v) is 12.8. The molecule has 2 aromatic carbocycles. The van der Waals surface area contributed by atoms with Crippen LogP contribution < -0.4 is 0 Å². The maximum atomic E-state index is 13.3. The van der Waals surface area contributed by atoms with Gasteiger partial charge in [0.1, 0.15) is 11.5 Å². The third kappa shape index (κ3) is 3.90. The van der Waals surface area contributed by atoms with Crippen LogP contribution in [0.25, 0.3) is 16.9 Å². The summed E-state index contributed by atoms with van der Waals surface area (Å²) >= 11 is 0. The fourth-order valence-electron chi connectivity index (χ4n) is 2.21. The van der Waals surface area contributed by atoms with Crippen molar-refractivity contribution in [2.45, 2.75) is 6.16 Å². The Kier molecular flexibility index (Phi) is 4.09. The quantitative estimate of drug-likeness (QED) is 0.717. The highest BCUT2D eigenvalue weighted by Gasteiger charge is 2.14. The highest BCUT2D eigenvalue weighted by atomic mass is 31.2. The van der Waals surface area contributed by atoms with E-state index in [-0.39, 0.29) is 12.0 Å². The summed E-state index contributed by atoms with van der Waals surface area (Å²) < 4.78 is 25.8. The van der Waals surface area contributed by atoms with Gasteiger partial charge in [0.15, 0.2) is 0 Å². The standard InChI is InChI=1S/C15H13FN3O3P/c16-13-5-2-4-12(8-13)15-9-19(18-17-15)14-6-1-3-11(7-14)10-23(20,21)22/h1-9H,10H2,(H2,20,21,22). The van der Waals surface area contributed by atoms with Crippen LogP contribution in [0.1, 0.15) is 5.56 Å². The molecule has 1 heterocycles. The number of hydrogen-bond donors (Lipinski definition) is 2. The van der Waals surface area contributed by atoms with Gasteiger partial charge in [-0.05, 0) is 29.8 Å². The van der Waals surface area contributed by atoms with Crippen LogP contribution in [0, 0.1) is 5.82 Å². The van der Waals surface area contributed by atoms with Crippen molar-refractivity contribution in [1.29, 1.82) is 0 Å². The van der Waals surface area contributed by atoms with Crippen molar-refractivity contribution in [1.82, 2.24) is 15.0 Å². The second-order valence-corrected chi connectivity index (χ2v) is 6.70. The molecule has 0 atom stereocenters. The fourth-order valence-corrected chi connectivity index (χ4v) is 2.88. The summed E-state index contributed by atoms with van der Waals surface area (Å²) in [5.41, 5.74) is 2.22. The second kappa shape index (κ2) is 6.04. The molecule has 2 N–H and O–H groups in total. The lowest BCUT2D eigenvalue weighted by atomic mass is 10.2. The molecule has 8 heteroatoms. The van der Waals surface area contributed by atoms with Gasteiger partial charge >= 0.3 is 7.60 Å². The van der Waals surface area contributed by atoms with Crippen molar-refractivity contribution >= 4 is 7.60 Å². The molecule has 0 aliphatic rings. The van der Waals surface area contributed by atoms with E-state index in [1.54, 1.807) is 42.6 Å². The summed E-state index contributed by atoms with van der Waals surface area (Å²) in [6, 6.07) is 12.7. The molecule has 0 fully saturated rings. The molecule has 0 bridgehead atoms. The average Bonchev–Trinajstić information content (AvgIpc) is 2.95. The zero-order chi connectivity index (χ0) is 16.4. The summed E-state index contributed by atoms with van der Waals surface area (Å²) in [4.78, 5) is 18.1. The van der Waals surface area contributed by atoms with Gasteiger partial charge in [0.2, 0.25) is 0 Å². The number of benzene rings is 2. The van der Waals surface area contributed by atoms with Crippen LogP contribution >= 0.6 is 7.60 Å². The minimum atomic E-state index is -4.13. The Balaban J connectivity index is 1.91. The molecule has 3 rings (SSSR count). The van der Waals surface area contributed by atoms with Gasteiger partial charge in [-0.15, -0.1) is 5.10 Å². The molecule has 0 saturated carbocycles. The van der Waals surface area contributed by atoms with Gasteiger partial charge in [0.25, 0.3) is 0 Å². The minimum Gasteiger partial charge on any atom is -0.324 e. The summed E-state index contributed by atoms with van der Waals surface area (Å²) in [7, 11) is -4.13. The molecule has 0 aliphatic carbocycles. The van der Waals surface area contributed by atoms with Crippen LogP contribution in [-0.4, -0.2) is 24.8 Å². The Morgan fingerprint density at radius 2 is 1.91 bits per heavy atom. The Morgan fingerprint density at radius 1 is 1.13 bits per heavy atom. The van der Waals surface area contributed by atoms with E-state index in [0.717, 1.165) is 0 Å². The summed E-state index contributed by atoms with van der Waals surface area (Å²) in [6.45, 7) is 0. The van der Waals surface area contributed by atoms with Crippen LogP contribution in [0.2, 0.25) is 0 Å². The smallest absolute Gasteiger partial charge is 0.324 e. The molecular formula is C15H13FN3O3P. The number of nitrogens with zero attached hydrogens (tertiary/aromatic N) is 3. The monoisotopic (exact) mass is 333 g/mol. The maximum absolute atomic E-state index is 13.3. The molecule has 0 radical (unpaired) electrons. The first-order valence-electron chi connectivity index (χ1n) is 6.73. The van der Waals surface area contributed by atoms with E-state index in [9.17, 15) is 8.96 Å². The second-order valence-electron chi connectivity index (χ2n) is 5.05. The third-order valence-electron chi connectivity index (χ3n) is 3.18. The minimum absolute atomic E-state index is 0.341.